The summed E-state index contributed by atoms with van der Waals surface area (Å²) in [4.78, 5) is 15.1. The summed E-state index contributed by atoms with van der Waals surface area (Å²) in [7, 11) is 9.38. The van der Waals surface area contributed by atoms with Crippen molar-refractivity contribution in [2.75, 3.05) is 28.3 Å². The van der Waals surface area contributed by atoms with Crippen LogP contribution in [0.1, 0.15) is 18.4 Å². The van der Waals surface area contributed by atoms with Gasteiger partial charge in [-0.3, -0.25) is 0 Å². The predicted molar refractivity (Wildman–Crippen MR) is 160 cm³/mol. The Morgan fingerprint density at radius 2 is 1.43 bits per heavy atom. The van der Waals surface area contributed by atoms with Crippen LogP contribution in [0.2, 0.25) is 0 Å². The van der Waals surface area contributed by atoms with Crippen LogP contribution in [0.5, 0.6) is 11.5 Å². The van der Waals surface area contributed by atoms with Gasteiger partial charge in [-0.15, -0.1) is 9.24 Å². The number of hydrogen-bond acceptors (Lipinski definition) is 4. The van der Waals surface area contributed by atoms with Crippen LogP contribution in [0.3, 0.4) is 0 Å². The zero-order chi connectivity index (χ0) is 26.5. The molecule has 0 fully saturated rings. The van der Waals surface area contributed by atoms with E-state index < -0.39 is 7.92 Å². The lowest BCUT2D eigenvalue weighted by Crippen LogP contribution is -2.30. The Morgan fingerprint density at radius 3 is 1.95 bits per heavy atom. The maximum atomic E-state index is 12.9. The van der Waals surface area contributed by atoms with Gasteiger partial charge in [0.1, 0.15) is 17.8 Å². The van der Waals surface area contributed by atoms with Gasteiger partial charge in [-0.25, -0.2) is 0 Å². The summed E-state index contributed by atoms with van der Waals surface area (Å²) in [5.41, 5.74) is 3.34. The first-order valence-electron chi connectivity index (χ1n) is 12.4. The van der Waals surface area contributed by atoms with Gasteiger partial charge >= 0.3 is 0 Å². The topological polar surface area (TPSA) is 38.8 Å². The van der Waals surface area contributed by atoms with Gasteiger partial charge in [-0.2, -0.15) is 0 Å². The van der Waals surface area contributed by atoms with Gasteiger partial charge in [0.15, 0.2) is 0 Å². The number of aldehydes is 1. The van der Waals surface area contributed by atoms with Gasteiger partial charge in [0.2, 0.25) is 0 Å². The number of hydrogen-bond donors (Lipinski definition) is 0. The highest BCUT2D eigenvalue weighted by Gasteiger charge is 2.39. The standard InChI is InChI=1S/C31H35NO3P2/c1-21(32(2)3)22-18-19-30(31(22)24(20-33)23-12-6-9-15-27(23)36)37(28-16-10-7-13-25(28)34-4)29-17-11-8-14-26(29)35-5/h6-21,24,30H,36H2,1-5H3/t21-,24?,30?/m1/s1. The summed E-state index contributed by atoms with van der Waals surface area (Å²) in [5.74, 6) is 1.31. The number of carbonyl (C=O) groups excluding carboxylic acids is 1. The van der Waals surface area contributed by atoms with Crippen molar-refractivity contribution in [3.63, 3.8) is 0 Å². The smallest absolute Gasteiger partial charge is 0.131 e. The van der Waals surface area contributed by atoms with Crippen molar-refractivity contribution in [3.05, 3.63) is 102 Å². The summed E-state index contributed by atoms with van der Waals surface area (Å²) in [6.45, 7) is 2.20. The van der Waals surface area contributed by atoms with Crippen LogP contribution in [-0.2, 0) is 4.79 Å². The van der Waals surface area contributed by atoms with E-state index in [9.17, 15) is 4.79 Å². The molecule has 192 valence electrons. The average molecular weight is 532 g/mol. The Hall–Kier alpha value is -2.77. The van der Waals surface area contributed by atoms with Crippen molar-refractivity contribution in [3.8, 4) is 11.5 Å². The molecule has 37 heavy (non-hydrogen) atoms. The molecule has 0 aliphatic heterocycles. The fourth-order valence-electron chi connectivity index (χ4n) is 5.01. The highest BCUT2D eigenvalue weighted by Crippen LogP contribution is 2.53. The molecule has 0 aromatic heterocycles. The van der Waals surface area contributed by atoms with E-state index >= 15 is 0 Å². The second-order valence-corrected chi connectivity index (χ2v) is 12.2. The minimum Gasteiger partial charge on any atom is -0.496 e. The van der Waals surface area contributed by atoms with Crippen LogP contribution in [0.25, 0.3) is 0 Å². The van der Waals surface area contributed by atoms with Crippen LogP contribution in [0, 0.1) is 0 Å². The first-order valence-corrected chi connectivity index (χ1v) is 14.3. The molecular formula is C31H35NO3P2. The van der Waals surface area contributed by atoms with Crippen LogP contribution in [0.15, 0.2) is 96.1 Å². The third kappa shape index (κ3) is 5.43. The third-order valence-corrected chi connectivity index (χ3v) is 10.4. The molecule has 4 atom stereocenters. The molecule has 0 saturated carbocycles. The van der Waals surface area contributed by atoms with Crippen molar-refractivity contribution in [2.24, 2.45) is 0 Å². The quantitative estimate of drug-likeness (QED) is 0.278. The molecule has 1 aliphatic rings. The second-order valence-electron chi connectivity index (χ2n) is 9.31. The first-order chi connectivity index (χ1) is 17.9. The summed E-state index contributed by atoms with van der Waals surface area (Å²) < 4.78 is 11.7. The zero-order valence-corrected chi connectivity index (χ0v) is 24.1. The predicted octanol–water partition coefficient (Wildman–Crippen LogP) is 4.80. The van der Waals surface area contributed by atoms with Crippen molar-refractivity contribution in [1.82, 2.24) is 4.90 Å². The lowest BCUT2D eigenvalue weighted by Gasteiger charge is -2.33. The van der Waals surface area contributed by atoms with Crippen LogP contribution < -0.4 is 25.4 Å². The Balaban J connectivity index is 2.01. The summed E-state index contributed by atoms with van der Waals surface area (Å²) in [6, 6.07) is 24.7. The van der Waals surface area contributed by atoms with E-state index in [0.29, 0.717) is 0 Å². The number of likely N-dealkylation sites (N-methyl/N-ethyl adjacent to an activating group) is 1. The molecule has 0 saturated heterocycles. The van der Waals surface area contributed by atoms with E-state index in [-0.39, 0.29) is 17.6 Å². The number of rotatable bonds is 10. The Kier molecular flexibility index (Phi) is 8.98. The molecule has 4 rings (SSSR count). The van der Waals surface area contributed by atoms with Crippen molar-refractivity contribution in [1.29, 1.82) is 0 Å². The normalized spacial score (nSPS) is 16.8. The highest BCUT2D eigenvalue weighted by atomic mass is 31.1. The Morgan fingerprint density at radius 1 is 0.892 bits per heavy atom. The molecule has 0 radical (unpaired) electrons. The minimum atomic E-state index is -1.03. The molecule has 3 unspecified atom stereocenters. The number of allylic oxidation sites excluding steroid dienone is 2. The van der Waals surface area contributed by atoms with Gasteiger partial charge in [0.05, 0.1) is 20.1 Å². The van der Waals surface area contributed by atoms with E-state index in [4.69, 9.17) is 9.47 Å². The van der Waals surface area contributed by atoms with Crippen molar-refractivity contribution in [2.45, 2.75) is 24.5 Å². The van der Waals surface area contributed by atoms with Crippen LogP contribution in [-0.4, -0.2) is 51.2 Å². The lowest BCUT2D eigenvalue weighted by molar-refractivity contribution is -0.108. The molecule has 1 aliphatic carbocycles. The molecule has 6 heteroatoms. The van der Waals surface area contributed by atoms with Gasteiger partial charge in [-0.05, 0) is 63.1 Å². The van der Waals surface area contributed by atoms with E-state index in [1.165, 1.54) is 5.57 Å². The average Bonchev–Trinajstić information content (AvgIpc) is 3.34. The SMILES string of the molecule is COc1ccccc1P(c1ccccc1OC)C1C=CC([C@@H](C)N(C)C)=C1C(C=O)c1ccccc1P. The second kappa shape index (κ2) is 12.2. The fraction of sp³-hybridized carbons (Fsp3) is 0.258. The zero-order valence-electron chi connectivity index (χ0n) is 22.1. The first kappa shape index (κ1) is 27.3. The summed E-state index contributed by atoms with van der Waals surface area (Å²) >= 11 is 0. The Bertz CT molecular complexity index is 1270. The molecule has 3 aromatic rings. The fourth-order valence-corrected chi connectivity index (χ4v) is 8.40. The van der Waals surface area contributed by atoms with Crippen LogP contribution >= 0.6 is 17.2 Å². The minimum absolute atomic E-state index is 0.0141. The summed E-state index contributed by atoms with van der Waals surface area (Å²) in [6.07, 6.45) is 5.63. The van der Waals surface area contributed by atoms with E-state index in [2.05, 4.69) is 77.6 Å². The number of nitrogens with zero attached hydrogens (tertiary/aromatic N) is 1. The van der Waals surface area contributed by atoms with Gasteiger partial charge in [0.25, 0.3) is 0 Å². The number of para-hydroxylation sites is 2. The number of ether oxygens (including phenoxy) is 2. The molecule has 0 heterocycles. The molecule has 0 spiro atoms. The monoisotopic (exact) mass is 531 g/mol. The van der Waals surface area contributed by atoms with Gasteiger partial charge in [-0.1, -0.05) is 72.8 Å². The molecular weight excluding hydrogens is 496 g/mol. The van der Waals surface area contributed by atoms with E-state index in [1.54, 1.807) is 14.2 Å². The summed E-state index contributed by atoms with van der Waals surface area (Å²) in [5, 5.41) is 3.28. The largest absolute Gasteiger partial charge is 0.496 e. The highest BCUT2D eigenvalue weighted by molar-refractivity contribution is 7.74. The molecule has 4 nitrogen and oxygen atoms in total. The number of methoxy groups -OCH3 is 2. The maximum absolute atomic E-state index is 12.9. The molecule has 0 N–H and O–H groups in total. The van der Waals surface area contributed by atoms with Gasteiger partial charge < -0.3 is 19.2 Å². The Labute approximate surface area is 224 Å². The van der Waals surface area contributed by atoms with Crippen molar-refractivity contribution < 1.29 is 14.3 Å². The van der Waals surface area contributed by atoms with Crippen LogP contribution in [0.4, 0.5) is 0 Å². The number of carbonyl (C=O) groups is 1. The van der Waals surface area contributed by atoms with E-state index in [1.807, 2.05) is 42.5 Å². The molecule has 0 amide bonds. The van der Waals surface area contributed by atoms with E-state index in [0.717, 1.165) is 44.8 Å². The van der Waals surface area contributed by atoms with Crippen molar-refractivity contribution >= 4 is 39.4 Å². The van der Waals surface area contributed by atoms with Gasteiger partial charge in [0, 0.05) is 22.3 Å². The lowest BCUT2D eigenvalue weighted by atomic mass is 9.87. The molecule has 0 bridgehead atoms. The molecule has 3 aromatic carbocycles. The third-order valence-electron chi connectivity index (χ3n) is 7.10. The number of benzene rings is 3. The maximum Gasteiger partial charge on any atom is 0.131 e.